The minimum Gasteiger partial charge on any atom is -0.598 e. The van der Waals surface area contributed by atoms with Crippen molar-refractivity contribution < 1.29 is 18.1 Å². The topological polar surface area (TPSA) is 100 Å². The molecule has 0 aliphatic carbocycles. The van der Waals surface area contributed by atoms with E-state index in [9.17, 15) is 22.9 Å². The summed E-state index contributed by atoms with van der Waals surface area (Å²) in [7, 11) is 1.55. The quantitative estimate of drug-likeness (QED) is 0.308. The molecular formula is C25H27F2N3O3S. The van der Waals surface area contributed by atoms with Crippen LogP contribution in [-0.4, -0.2) is 19.7 Å². The van der Waals surface area contributed by atoms with Crippen LogP contribution in [0.5, 0.6) is 0 Å². The van der Waals surface area contributed by atoms with E-state index < -0.39 is 39.6 Å². The molecule has 3 aromatic rings. The Bertz CT molecular complexity index is 1280. The van der Waals surface area contributed by atoms with Gasteiger partial charge in [-0.2, -0.15) is 0 Å². The summed E-state index contributed by atoms with van der Waals surface area (Å²) in [5.74, 6) is -1.82. The average Bonchev–Trinajstić information content (AvgIpc) is 2.76. The molecule has 9 heteroatoms. The molecule has 0 spiro atoms. The third-order valence-electron chi connectivity index (χ3n) is 5.34. The maximum absolute atomic E-state index is 14.5. The number of ketones is 1. The molecule has 0 saturated carbocycles. The number of nitrogen functional groups attached to an aromatic ring is 1. The Labute approximate surface area is 200 Å². The molecule has 34 heavy (non-hydrogen) atoms. The fraction of sp³-hybridized carbons (Fsp3) is 0.280. The molecule has 6 nitrogen and oxygen atoms in total. The lowest BCUT2D eigenvalue weighted by Crippen LogP contribution is -2.41. The second-order valence-electron chi connectivity index (χ2n) is 9.07. The van der Waals surface area contributed by atoms with Crippen molar-refractivity contribution in [2.24, 2.45) is 7.05 Å². The van der Waals surface area contributed by atoms with Gasteiger partial charge in [-0.15, -0.1) is 4.72 Å². The number of pyridine rings is 1. The molecule has 1 unspecified atom stereocenters. The van der Waals surface area contributed by atoms with Gasteiger partial charge in [0.25, 0.3) is 5.56 Å². The van der Waals surface area contributed by atoms with Gasteiger partial charge in [-0.1, -0.05) is 0 Å². The third kappa shape index (κ3) is 5.38. The minimum atomic E-state index is -1.44. The van der Waals surface area contributed by atoms with Gasteiger partial charge >= 0.3 is 0 Å². The van der Waals surface area contributed by atoms with Crippen molar-refractivity contribution in [1.29, 1.82) is 0 Å². The van der Waals surface area contributed by atoms with Crippen molar-refractivity contribution in [2.45, 2.75) is 38.5 Å². The number of carbonyl (C=O) groups excluding carboxylic acids is 1. The normalized spacial score (nSPS) is 13.5. The van der Waals surface area contributed by atoms with E-state index in [1.54, 1.807) is 14.0 Å². The number of nitrogens with zero attached hydrogens (tertiary/aromatic N) is 1. The molecule has 180 valence electrons. The summed E-state index contributed by atoms with van der Waals surface area (Å²) < 4.78 is 44.3. The summed E-state index contributed by atoms with van der Waals surface area (Å²) in [6.07, 6.45) is 1.53. The highest BCUT2D eigenvalue weighted by Crippen LogP contribution is 2.34. The molecule has 0 fully saturated rings. The first-order valence-corrected chi connectivity index (χ1v) is 11.7. The van der Waals surface area contributed by atoms with E-state index in [-0.39, 0.29) is 22.4 Å². The third-order valence-corrected chi connectivity index (χ3v) is 7.02. The molecule has 2 aromatic carbocycles. The highest BCUT2D eigenvalue weighted by molar-refractivity contribution is 7.90. The molecule has 0 saturated heterocycles. The standard InChI is InChI=1S/C25H27F2N3O3S/c1-14(29-34(33)25(2,3)4)17-12-23(31)30(5)13-20(17)18-11-22(28)21(27)10-19(18)24(32)15-6-8-16(26)9-7-15/h6-14,29H,28H2,1-5H3/t14-,34?/m0/s1. The first-order valence-electron chi connectivity index (χ1n) is 10.6. The van der Waals surface area contributed by atoms with E-state index in [0.717, 1.165) is 18.2 Å². The summed E-state index contributed by atoms with van der Waals surface area (Å²) in [5, 5.41) is 0. The van der Waals surface area contributed by atoms with Crippen LogP contribution in [0.25, 0.3) is 11.1 Å². The largest absolute Gasteiger partial charge is 0.598 e. The van der Waals surface area contributed by atoms with Gasteiger partial charge in [-0.25, -0.2) is 8.78 Å². The predicted octanol–water partition coefficient (Wildman–Crippen LogP) is 4.26. The number of rotatable bonds is 6. The van der Waals surface area contributed by atoms with Crippen molar-refractivity contribution in [3.63, 3.8) is 0 Å². The lowest BCUT2D eigenvalue weighted by Gasteiger charge is -2.27. The number of aryl methyl sites for hydroxylation is 1. The van der Waals surface area contributed by atoms with E-state index >= 15 is 0 Å². The smallest absolute Gasteiger partial charge is 0.250 e. The molecule has 0 radical (unpaired) electrons. The van der Waals surface area contributed by atoms with Gasteiger partial charge in [0, 0.05) is 47.4 Å². The van der Waals surface area contributed by atoms with E-state index in [4.69, 9.17) is 5.73 Å². The summed E-state index contributed by atoms with van der Waals surface area (Å²) >= 11 is -1.44. The number of carbonyl (C=O) groups is 1. The van der Waals surface area contributed by atoms with Gasteiger partial charge < -0.3 is 14.9 Å². The molecule has 0 bridgehead atoms. The van der Waals surface area contributed by atoms with Gasteiger partial charge in [0.1, 0.15) is 16.4 Å². The van der Waals surface area contributed by atoms with Gasteiger partial charge in [-0.3, -0.25) is 9.59 Å². The van der Waals surface area contributed by atoms with Crippen LogP contribution in [0.2, 0.25) is 0 Å². The summed E-state index contributed by atoms with van der Waals surface area (Å²) in [6.45, 7) is 7.19. The molecular weight excluding hydrogens is 460 g/mol. The molecule has 0 aliphatic rings. The van der Waals surface area contributed by atoms with Crippen LogP contribution >= 0.6 is 0 Å². The maximum atomic E-state index is 14.5. The lowest BCUT2D eigenvalue weighted by atomic mass is 9.90. The summed E-state index contributed by atoms with van der Waals surface area (Å²) in [5.41, 5.74) is 6.75. The van der Waals surface area contributed by atoms with Crippen molar-refractivity contribution in [3.05, 3.63) is 87.3 Å². The number of benzene rings is 2. The first kappa shape index (κ1) is 25.6. The van der Waals surface area contributed by atoms with Crippen LogP contribution in [0.4, 0.5) is 14.5 Å². The summed E-state index contributed by atoms with van der Waals surface area (Å²) in [6, 6.07) is 8.13. The van der Waals surface area contributed by atoms with Gasteiger partial charge in [0.2, 0.25) is 0 Å². The second-order valence-corrected chi connectivity index (χ2v) is 11.1. The Kier molecular flexibility index (Phi) is 7.30. The van der Waals surface area contributed by atoms with Crippen molar-refractivity contribution >= 4 is 22.8 Å². The zero-order chi connectivity index (χ0) is 25.4. The van der Waals surface area contributed by atoms with Crippen LogP contribution < -0.4 is 16.0 Å². The zero-order valence-corrected chi connectivity index (χ0v) is 20.4. The van der Waals surface area contributed by atoms with Crippen LogP contribution in [0.1, 0.15) is 55.2 Å². The van der Waals surface area contributed by atoms with Crippen LogP contribution in [-0.2, 0) is 18.4 Å². The molecule has 3 N–H and O–H groups in total. The van der Waals surface area contributed by atoms with E-state index in [1.807, 2.05) is 20.8 Å². The number of nitrogens with two attached hydrogens (primary N) is 1. The Morgan fingerprint density at radius 3 is 2.32 bits per heavy atom. The van der Waals surface area contributed by atoms with Crippen LogP contribution in [0, 0.1) is 11.6 Å². The SMILES string of the molecule is C[C@H](N[S+]([O-])C(C)(C)C)c1cc(=O)n(C)cc1-c1cc(N)c(F)cc1C(=O)c1ccc(F)cc1. The Hall–Kier alpha value is -3.01. The number of hydrogen-bond donors (Lipinski definition) is 2. The zero-order valence-electron chi connectivity index (χ0n) is 19.6. The highest BCUT2D eigenvalue weighted by atomic mass is 32.2. The number of halogens is 2. The average molecular weight is 488 g/mol. The fourth-order valence-corrected chi connectivity index (χ4v) is 4.19. The van der Waals surface area contributed by atoms with Crippen molar-refractivity contribution in [2.75, 3.05) is 5.73 Å². The Morgan fingerprint density at radius 1 is 1.12 bits per heavy atom. The first-order chi connectivity index (χ1) is 15.8. The predicted molar refractivity (Wildman–Crippen MR) is 131 cm³/mol. The minimum absolute atomic E-state index is 0.00218. The lowest BCUT2D eigenvalue weighted by molar-refractivity contribution is 0.103. The molecule has 2 atom stereocenters. The second kappa shape index (κ2) is 9.69. The van der Waals surface area contributed by atoms with E-state index in [2.05, 4.69) is 4.72 Å². The number of aromatic nitrogens is 1. The monoisotopic (exact) mass is 487 g/mol. The van der Waals surface area contributed by atoms with Crippen molar-refractivity contribution in [3.8, 4) is 11.1 Å². The molecule has 1 aromatic heterocycles. The van der Waals surface area contributed by atoms with Gasteiger partial charge in [0.15, 0.2) is 5.78 Å². The van der Waals surface area contributed by atoms with E-state index in [1.165, 1.54) is 35.0 Å². The number of nitrogens with one attached hydrogen (secondary N) is 1. The Morgan fingerprint density at radius 2 is 1.74 bits per heavy atom. The maximum Gasteiger partial charge on any atom is 0.250 e. The summed E-state index contributed by atoms with van der Waals surface area (Å²) in [4.78, 5) is 25.8. The van der Waals surface area contributed by atoms with Gasteiger partial charge in [0.05, 0.1) is 11.7 Å². The molecule has 0 amide bonds. The highest BCUT2D eigenvalue weighted by Gasteiger charge is 2.30. The number of hydrogen-bond acceptors (Lipinski definition) is 5. The number of anilines is 1. The molecule has 1 heterocycles. The van der Waals surface area contributed by atoms with Crippen LogP contribution in [0.3, 0.4) is 0 Å². The van der Waals surface area contributed by atoms with Crippen molar-refractivity contribution in [1.82, 2.24) is 9.29 Å². The van der Waals surface area contributed by atoms with Crippen LogP contribution in [0.15, 0.2) is 53.5 Å². The Balaban J connectivity index is 2.22. The fourth-order valence-electron chi connectivity index (χ4n) is 3.39. The molecule has 0 aliphatic heterocycles. The van der Waals surface area contributed by atoms with Gasteiger partial charge in [-0.05, 0) is 75.2 Å². The molecule has 3 rings (SSSR count). The van der Waals surface area contributed by atoms with E-state index in [0.29, 0.717) is 16.7 Å².